The molecule has 346 valence electrons. The van der Waals surface area contributed by atoms with Crippen molar-refractivity contribution in [1.82, 2.24) is 0 Å². The molecule has 0 saturated carbocycles. The van der Waals surface area contributed by atoms with Gasteiger partial charge in [-0.1, -0.05) is 192 Å². The van der Waals surface area contributed by atoms with Gasteiger partial charge in [0.05, 0.1) is 27.7 Å². The second-order valence-electron chi connectivity index (χ2n) is 17.5. The van der Waals surface area contributed by atoms with Gasteiger partial charge in [-0.3, -0.25) is 18.6 Å². The van der Waals surface area contributed by atoms with Crippen LogP contribution in [0.25, 0.3) is 0 Å². The van der Waals surface area contributed by atoms with E-state index in [1.807, 2.05) is 21.1 Å². The Balaban J connectivity index is 4.26. The van der Waals surface area contributed by atoms with Crippen molar-refractivity contribution in [1.29, 1.82) is 0 Å². The molecule has 0 radical (unpaired) electrons. The lowest BCUT2D eigenvalue weighted by atomic mass is 10.0. The monoisotopic (exact) mass is 855 g/mol. The van der Waals surface area contributed by atoms with Crippen molar-refractivity contribution in [3.8, 4) is 0 Å². The average Bonchev–Trinajstić information content (AvgIpc) is 3.19. The number of allylic oxidation sites excluding steroid dienone is 6. The number of ether oxygens (including phenoxy) is 2. The standard InChI is InChI=1S/C49H92NO8P/c1-6-8-10-12-14-16-18-20-22-23-24-25-26-28-29-31-33-35-37-39-41-48(51)55-45-47(46-57-59(53,54)56-44-43-50(3,4)5)58-49(52)42-40-38-36-34-32-30-27-21-19-17-15-13-11-9-7-2/h9,11,15,17,21,27,47H,6-8,10,12-14,16,18-20,22-26,28-46H2,1-5H3/p+1/b11-9+,17-15+,27-21+/t47-/m1/s1. The molecule has 0 aromatic carbocycles. The van der Waals surface area contributed by atoms with Gasteiger partial charge in [-0.15, -0.1) is 0 Å². The minimum absolute atomic E-state index is 0.0288. The molecule has 0 spiro atoms. The molecule has 0 saturated heterocycles. The number of hydrogen-bond donors (Lipinski definition) is 1. The molecule has 0 aliphatic heterocycles. The van der Waals surface area contributed by atoms with E-state index in [9.17, 15) is 19.0 Å². The number of likely N-dealkylation sites (N-methyl/N-ethyl adjacent to an activating group) is 1. The van der Waals surface area contributed by atoms with Gasteiger partial charge >= 0.3 is 19.8 Å². The Bertz CT molecular complexity index is 1100. The van der Waals surface area contributed by atoms with Crippen LogP contribution in [0.15, 0.2) is 36.5 Å². The first kappa shape index (κ1) is 57.2. The van der Waals surface area contributed by atoms with E-state index in [1.54, 1.807) is 0 Å². The van der Waals surface area contributed by atoms with Crippen molar-refractivity contribution in [2.24, 2.45) is 0 Å². The fourth-order valence-corrected chi connectivity index (χ4v) is 7.42. The summed E-state index contributed by atoms with van der Waals surface area (Å²) in [6.45, 7) is 4.32. The highest BCUT2D eigenvalue weighted by Gasteiger charge is 2.27. The topological polar surface area (TPSA) is 108 Å². The highest BCUT2D eigenvalue weighted by atomic mass is 31.2. The van der Waals surface area contributed by atoms with Crippen LogP contribution in [0.5, 0.6) is 0 Å². The first-order chi connectivity index (χ1) is 28.5. The summed E-state index contributed by atoms with van der Waals surface area (Å²) in [6, 6.07) is 0. The van der Waals surface area contributed by atoms with Crippen LogP contribution in [0.3, 0.4) is 0 Å². The van der Waals surface area contributed by atoms with Crippen molar-refractivity contribution in [2.45, 2.75) is 219 Å². The molecular formula is C49H93NO8P+. The van der Waals surface area contributed by atoms with Crippen LogP contribution in [0.4, 0.5) is 0 Å². The van der Waals surface area contributed by atoms with E-state index in [-0.39, 0.29) is 32.0 Å². The van der Waals surface area contributed by atoms with Crippen LogP contribution < -0.4 is 0 Å². The lowest BCUT2D eigenvalue weighted by Gasteiger charge is -2.24. The number of phosphoric ester groups is 1. The minimum atomic E-state index is -4.38. The first-order valence-corrected chi connectivity index (χ1v) is 25.7. The lowest BCUT2D eigenvalue weighted by Crippen LogP contribution is -2.37. The summed E-state index contributed by atoms with van der Waals surface area (Å²) in [5, 5.41) is 0. The number of unbranched alkanes of at least 4 members (excludes halogenated alkanes) is 24. The van der Waals surface area contributed by atoms with E-state index in [0.29, 0.717) is 17.4 Å². The van der Waals surface area contributed by atoms with Crippen molar-refractivity contribution < 1.29 is 42.1 Å². The summed E-state index contributed by atoms with van der Waals surface area (Å²) >= 11 is 0. The summed E-state index contributed by atoms with van der Waals surface area (Å²) in [4.78, 5) is 35.5. The number of esters is 2. The summed E-state index contributed by atoms with van der Waals surface area (Å²) in [7, 11) is 1.47. The molecule has 0 aliphatic carbocycles. The fourth-order valence-electron chi connectivity index (χ4n) is 6.68. The Kier molecular flexibility index (Phi) is 40.3. The molecule has 10 heteroatoms. The number of carbonyl (C=O) groups is 2. The molecule has 0 heterocycles. The van der Waals surface area contributed by atoms with Crippen molar-refractivity contribution in [2.75, 3.05) is 47.5 Å². The number of carbonyl (C=O) groups excluding carboxylic acids is 2. The largest absolute Gasteiger partial charge is 0.472 e. The Morgan fingerprint density at radius 1 is 0.542 bits per heavy atom. The normalized spacial score (nSPS) is 13.8. The molecule has 0 amide bonds. The summed E-state index contributed by atoms with van der Waals surface area (Å²) in [5.74, 6) is -0.811. The van der Waals surface area contributed by atoms with Crippen LogP contribution in [-0.2, 0) is 32.7 Å². The molecule has 0 fully saturated rings. The zero-order chi connectivity index (χ0) is 43.6. The fraction of sp³-hybridized carbons (Fsp3) is 0.837. The molecule has 0 aromatic rings. The van der Waals surface area contributed by atoms with Gasteiger partial charge in [-0.25, -0.2) is 4.57 Å². The third-order valence-corrected chi connectivity index (χ3v) is 11.4. The van der Waals surface area contributed by atoms with E-state index < -0.39 is 26.5 Å². The van der Waals surface area contributed by atoms with Crippen molar-refractivity contribution in [3.63, 3.8) is 0 Å². The van der Waals surface area contributed by atoms with E-state index in [4.69, 9.17) is 18.5 Å². The Hall–Kier alpha value is -1.77. The SMILES string of the molecule is CC/C=C/C/C=C/C/C=C/CCCCCCCC(=O)O[C@H](COC(=O)CCCCCCCCCCCCCCCCCCCCCC)COP(=O)(O)OCC[N+](C)(C)C. The highest BCUT2D eigenvalue weighted by Crippen LogP contribution is 2.43. The van der Waals surface area contributed by atoms with E-state index >= 15 is 0 Å². The van der Waals surface area contributed by atoms with E-state index in [0.717, 1.165) is 70.6 Å². The number of phosphoric acid groups is 1. The first-order valence-electron chi connectivity index (χ1n) is 24.2. The predicted octanol–water partition coefficient (Wildman–Crippen LogP) is 14.1. The highest BCUT2D eigenvalue weighted by molar-refractivity contribution is 7.47. The smallest absolute Gasteiger partial charge is 0.462 e. The van der Waals surface area contributed by atoms with Crippen LogP contribution in [-0.4, -0.2) is 74.9 Å². The molecule has 9 nitrogen and oxygen atoms in total. The van der Waals surface area contributed by atoms with Crippen LogP contribution in [0, 0.1) is 0 Å². The second kappa shape index (κ2) is 41.6. The van der Waals surface area contributed by atoms with Gasteiger partial charge in [0, 0.05) is 12.8 Å². The van der Waals surface area contributed by atoms with Crippen molar-refractivity contribution >= 4 is 19.8 Å². The van der Waals surface area contributed by atoms with Crippen molar-refractivity contribution in [3.05, 3.63) is 36.5 Å². The van der Waals surface area contributed by atoms with Crippen LogP contribution in [0.1, 0.15) is 213 Å². The second-order valence-corrected chi connectivity index (χ2v) is 18.9. The Morgan fingerprint density at radius 2 is 0.966 bits per heavy atom. The predicted molar refractivity (Wildman–Crippen MR) is 247 cm³/mol. The maximum absolute atomic E-state index is 12.7. The van der Waals surface area contributed by atoms with Crippen LogP contribution in [0.2, 0.25) is 0 Å². The maximum Gasteiger partial charge on any atom is 0.472 e. The molecule has 2 atom stereocenters. The van der Waals surface area contributed by atoms with Gasteiger partial charge in [0.1, 0.15) is 19.8 Å². The molecule has 59 heavy (non-hydrogen) atoms. The third kappa shape index (κ3) is 45.6. The molecule has 1 N–H and O–H groups in total. The molecule has 0 bridgehead atoms. The Morgan fingerprint density at radius 3 is 1.44 bits per heavy atom. The quantitative estimate of drug-likeness (QED) is 0.0212. The third-order valence-electron chi connectivity index (χ3n) is 10.4. The maximum atomic E-state index is 12.7. The van der Waals surface area contributed by atoms with Gasteiger partial charge in [-0.2, -0.15) is 0 Å². The lowest BCUT2D eigenvalue weighted by molar-refractivity contribution is -0.870. The van der Waals surface area contributed by atoms with Gasteiger partial charge in [0.15, 0.2) is 6.10 Å². The number of nitrogens with zero attached hydrogens (tertiary/aromatic N) is 1. The van der Waals surface area contributed by atoms with Crippen LogP contribution >= 0.6 is 7.82 Å². The number of quaternary nitrogens is 1. The van der Waals surface area contributed by atoms with Gasteiger partial charge in [0.25, 0.3) is 0 Å². The van der Waals surface area contributed by atoms with E-state index in [1.165, 1.54) is 109 Å². The number of rotatable bonds is 44. The molecule has 0 aromatic heterocycles. The molecular weight excluding hydrogens is 762 g/mol. The Labute approximate surface area is 363 Å². The number of hydrogen-bond acceptors (Lipinski definition) is 7. The van der Waals surface area contributed by atoms with Gasteiger partial charge < -0.3 is 18.9 Å². The van der Waals surface area contributed by atoms with Gasteiger partial charge in [-0.05, 0) is 44.9 Å². The van der Waals surface area contributed by atoms with Gasteiger partial charge in [0.2, 0.25) is 0 Å². The average molecular weight is 855 g/mol. The van der Waals surface area contributed by atoms with E-state index in [2.05, 4.69) is 50.3 Å². The molecule has 1 unspecified atom stereocenters. The summed E-state index contributed by atoms with van der Waals surface area (Å²) in [6.07, 6.45) is 47.7. The minimum Gasteiger partial charge on any atom is -0.462 e. The zero-order valence-electron chi connectivity index (χ0n) is 39.0. The molecule has 0 rings (SSSR count). The molecule has 0 aliphatic rings. The summed E-state index contributed by atoms with van der Waals surface area (Å²) < 4.78 is 34.4. The summed E-state index contributed by atoms with van der Waals surface area (Å²) in [5.41, 5.74) is 0. The zero-order valence-corrected chi connectivity index (χ0v) is 39.9.